The molecular formula is C15H15N3O2. The summed E-state index contributed by atoms with van der Waals surface area (Å²) in [5, 5.41) is 8.93. The Labute approximate surface area is 116 Å². The Bertz CT molecular complexity index is 674. The lowest BCUT2D eigenvalue weighted by atomic mass is 9.81. The summed E-state index contributed by atoms with van der Waals surface area (Å²) in [5.74, 6) is 1.10. The summed E-state index contributed by atoms with van der Waals surface area (Å²) >= 11 is 0. The molecule has 0 spiro atoms. The van der Waals surface area contributed by atoms with Crippen LogP contribution in [0.3, 0.4) is 0 Å². The minimum Gasteiger partial charge on any atom is -0.427 e. The van der Waals surface area contributed by atoms with Crippen LogP contribution in [0.5, 0.6) is 0 Å². The summed E-state index contributed by atoms with van der Waals surface area (Å²) in [4.78, 5) is 15.7. The van der Waals surface area contributed by atoms with Crippen molar-refractivity contribution in [2.24, 2.45) is 5.92 Å². The maximum Gasteiger partial charge on any atom is 0.337 e. The fourth-order valence-electron chi connectivity index (χ4n) is 2.75. The van der Waals surface area contributed by atoms with Crippen LogP contribution in [0.2, 0.25) is 0 Å². The third-order valence-corrected chi connectivity index (χ3v) is 3.89. The van der Waals surface area contributed by atoms with Crippen LogP contribution in [0.1, 0.15) is 37.4 Å². The number of nitrogens with zero attached hydrogens (tertiary/aromatic N) is 3. The molecule has 1 saturated carbocycles. The molecule has 102 valence electrons. The molecule has 0 saturated heterocycles. The minimum absolute atomic E-state index is 0.148. The molecule has 0 aliphatic heterocycles. The summed E-state index contributed by atoms with van der Waals surface area (Å²) in [6, 6.07) is 5.68. The van der Waals surface area contributed by atoms with Gasteiger partial charge in [-0.3, -0.25) is 0 Å². The van der Waals surface area contributed by atoms with Crippen molar-refractivity contribution in [3.05, 3.63) is 47.0 Å². The zero-order valence-corrected chi connectivity index (χ0v) is 11.0. The number of nitriles is 1. The van der Waals surface area contributed by atoms with Crippen LogP contribution in [0, 0.1) is 17.2 Å². The number of hydrogen-bond acceptors (Lipinski definition) is 4. The molecule has 1 aliphatic carbocycles. The fourth-order valence-corrected chi connectivity index (χ4v) is 2.75. The van der Waals surface area contributed by atoms with Crippen molar-refractivity contribution in [2.45, 2.75) is 31.6 Å². The van der Waals surface area contributed by atoms with Gasteiger partial charge in [-0.15, -0.1) is 0 Å². The van der Waals surface area contributed by atoms with Gasteiger partial charge in [0.1, 0.15) is 5.76 Å². The Kier molecular flexibility index (Phi) is 3.38. The van der Waals surface area contributed by atoms with Crippen LogP contribution in [0.15, 0.2) is 40.1 Å². The molecule has 5 nitrogen and oxygen atoms in total. The highest BCUT2D eigenvalue weighted by Gasteiger charge is 2.24. The summed E-state index contributed by atoms with van der Waals surface area (Å²) in [5.41, 5.74) is 0.435. The number of rotatable bonds is 2. The number of hydrogen-bond donors (Lipinski definition) is 0. The van der Waals surface area contributed by atoms with Gasteiger partial charge in [0.25, 0.3) is 0 Å². The van der Waals surface area contributed by atoms with Crippen LogP contribution in [-0.4, -0.2) is 9.55 Å². The minimum atomic E-state index is -0.339. The van der Waals surface area contributed by atoms with Gasteiger partial charge in [0.15, 0.2) is 0 Å². The predicted molar refractivity (Wildman–Crippen MR) is 72.4 cm³/mol. The van der Waals surface area contributed by atoms with Crippen molar-refractivity contribution < 1.29 is 4.42 Å². The quantitative estimate of drug-likeness (QED) is 0.840. The molecule has 0 unspecified atom stereocenters. The largest absolute Gasteiger partial charge is 0.427 e. The van der Waals surface area contributed by atoms with Crippen LogP contribution in [0.4, 0.5) is 0 Å². The first kappa shape index (κ1) is 12.7. The van der Waals surface area contributed by atoms with Crippen LogP contribution < -0.4 is 5.63 Å². The van der Waals surface area contributed by atoms with Gasteiger partial charge in [-0.05, 0) is 25.7 Å². The molecule has 0 atom stereocenters. The molecule has 1 aliphatic rings. The molecule has 2 heterocycles. The maximum atomic E-state index is 11.7. The zero-order valence-electron chi connectivity index (χ0n) is 11.0. The van der Waals surface area contributed by atoms with Gasteiger partial charge in [-0.25, -0.2) is 9.78 Å². The molecule has 0 amide bonds. The van der Waals surface area contributed by atoms with E-state index in [0.29, 0.717) is 0 Å². The van der Waals surface area contributed by atoms with Crippen molar-refractivity contribution in [1.82, 2.24) is 9.55 Å². The maximum absolute atomic E-state index is 11.7. The molecule has 0 radical (unpaired) electrons. The molecule has 3 rings (SSSR count). The van der Waals surface area contributed by atoms with E-state index >= 15 is 0 Å². The van der Waals surface area contributed by atoms with E-state index in [-0.39, 0.29) is 17.5 Å². The lowest BCUT2D eigenvalue weighted by Crippen LogP contribution is -2.14. The van der Waals surface area contributed by atoms with E-state index in [1.165, 1.54) is 6.07 Å². The van der Waals surface area contributed by atoms with Crippen LogP contribution in [0.25, 0.3) is 5.69 Å². The normalized spacial score (nSPS) is 22.4. The van der Waals surface area contributed by atoms with Gasteiger partial charge in [0, 0.05) is 36.4 Å². The monoisotopic (exact) mass is 269 g/mol. The second kappa shape index (κ2) is 5.33. The highest BCUT2D eigenvalue weighted by Crippen LogP contribution is 2.35. The summed E-state index contributed by atoms with van der Waals surface area (Å²) in [6.07, 6.45) is 8.67. The first-order valence-electron chi connectivity index (χ1n) is 6.79. The van der Waals surface area contributed by atoms with Crippen molar-refractivity contribution in [1.29, 1.82) is 5.26 Å². The molecule has 0 aromatic carbocycles. The Hall–Kier alpha value is -2.35. The average molecular weight is 269 g/mol. The average Bonchev–Trinajstić information content (AvgIpc) is 3.01. The van der Waals surface area contributed by atoms with E-state index in [1.54, 1.807) is 23.3 Å². The van der Waals surface area contributed by atoms with E-state index < -0.39 is 0 Å². The summed E-state index contributed by atoms with van der Waals surface area (Å²) in [6.45, 7) is 0. The second-order valence-corrected chi connectivity index (χ2v) is 5.18. The van der Waals surface area contributed by atoms with Gasteiger partial charge in [-0.2, -0.15) is 5.26 Å². The Morgan fingerprint density at radius 3 is 2.75 bits per heavy atom. The highest BCUT2D eigenvalue weighted by atomic mass is 16.4. The van der Waals surface area contributed by atoms with E-state index in [1.807, 2.05) is 6.07 Å². The van der Waals surface area contributed by atoms with Gasteiger partial charge < -0.3 is 8.98 Å². The van der Waals surface area contributed by atoms with Gasteiger partial charge >= 0.3 is 5.63 Å². The smallest absolute Gasteiger partial charge is 0.337 e. The van der Waals surface area contributed by atoms with E-state index in [2.05, 4.69) is 11.1 Å². The molecule has 5 heteroatoms. The molecular weight excluding hydrogens is 254 g/mol. The Morgan fingerprint density at radius 2 is 2.10 bits per heavy atom. The van der Waals surface area contributed by atoms with E-state index in [0.717, 1.165) is 37.1 Å². The van der Waals surface area contributed by atoms with E-state index in [4.69, 9.17) is 9.68 Å². The Balaban J connectivity index is 1.88. The second-order valence-electron chi connectivity index (χ2n) is 5.18. The van der Waals surface area contributed by atoms with Crippen LogP contribution in [-0.2, 0) is 0 Å². The third kappa shape index (κ3) is 2.50. The van der Waals surface area contributed by atoms with E-state index in [9.17, 15) is 4.79 Å². The standard InChI is InChI=1S/C15H15N3O2/c16-9-11-1-3-12(4-2-11)14-7-13(8-15(19)20-14)18-6-5-17-10-18/h5-8,10-12H,1-4H2. The van der Waals surface area contributed by atoms with Crippen molar-refractivity contribution in [3.63, 3.8) is 0 Å². The zero-order chi connectivity index (χ0) is 13.9. The first-order valence-corrected chi connectivity index (χ1v) is 6.79. The SMILES string of the molecule is N#CC1CCC(c2cc(-n3ccnc3)cc(=O)o2)CC1. The lowest BCUT2D eigenvalue weighted by Gasteiger charge is -2.23. The van der Waals surface area contributed by atoms with Gasteiger partial charge in [0.2, 0.25) is 0 Å². The molecule has 20 heavy (non-hydrogen) atoms. The molecule has 1 fully saturated rings. The molecule has 0 N–H and O–H groups in total. The van der Waals surface area contributed by atoms with Gasteiger partial charge in [0.05, 0.1) is 18.1 Å². The highest BCUT2D eigenvalue weighted by molar-refractivity contribution is 5.31. The molecule has 2 aromatic heterocycles. The van der Waals surface area contributed by atoms with Gasteiger partial charge in [-0.1, -0.05) is 0 Å². The lowest BCUT2D eigenvalue weighted by molar-refractivity contribution is 0.325. The van der Waals surface area contributed by atoms with Crippen LogP contribution >= 0.6 is 0 Å². The summed E-state index contributed by atoms with van der Waals surface area (Å²) < 4.78 is 7.15. The van der Waals surface area contributed by atoms with Crippen molar-refractivity contribution >= 4 is 0 Å². The number of imidazole rings is 1. The van der Waals surface area contributed by atoms with Crippen molar-refractivity contribution in [2.75, 3.05) is 0 Å². The Morgan fingerprint density at radius 1 is 1.30 bits per heavy atom. The first-order chi connectivity index (χ1) is 9.76. The third-order valence-electron chi connectivity index (χ3n) is 3.89. The molecule has 2 aromatic rings. The fraction of sp³-hybridized carbons (Fsp3) is 0.400. The topological polar surface area (TPSA) is 71.8 Å². The summed E-state index contributed by atoms with van der Waals surface area (Å²) in [7, 11) is 0. The predicted octanol–water partition coefficient (Wildman–Crippen LogP) is 2.62. The molecule has 0 bridgehead atoms. The van der Waals surface area contributed by atoms with Crippen molar-refractivity contribution in [3.8, 4) is 11.8 Å². The number of aromatic nitrogens is 2.